The third-order valence-electron chi connectivity index (χ3n) is 7.78. The van der Waals surface area contributed by atoms with Gasteiger partial charge in [-0.2, -0.15) is 0 Å². The zero-order chi connectivity index (χ0) is 27.9. The predicted octanol–water partition coefficient (Wildman–Crippen LogP) is 4.48. The first-order valence-corrected chi connectivity index (χ1v) is 14.1. The lowest BCUT2D eigenvalue weighted by Crippen LogP contribution is -2.44. The molecule has 2 fully saturated rings. The first-order valence-electron chi connectivity index (χ1n) is 14.1. The number of aromatic nitrogens is 1. The van der Waals surface area contributed by atoms with Crippen LogP contribution in [0, 0.1) is 6.92 Å². The molecule has 0 bridgehead atoms. The number of pyridine rings is 1. The molecule has 40 heavy (non-hydrogen) atoms. The number of carbonyl (C=O) groups is 2. The van der Waals surface area contributed by atoms with E-state index in [2.05, 4.69) is 34.3 Å². The molecule has 2 aliphatic heterocycles. The van der Waals surface area contributed by atoms with E-state index in [0.29, 0.717) is 24.3 Å². The van der Waals surface area contributed by atoms with Crippen molar-refractivity contribution in [3.05, 3.63) is 89.2 Å². The summed E-state index contributed by atoms with van der Waals surface area (Å²) in [6.07, 6.45) is 4.97. The number of hydrogen-bond acceptors (Lipinski definition) is 6. The van der Waals surface area contributed by atoms with Gasteiger partial charge in [0.25, 0.3) is 11.8 Å². The van der Waals surface area contributed by atoms with E-state index in [9.17, 15) is 9.59 Å². The van der Waals surface area contributed by atoms with Crippen LogP contribution in [0.1, 0.15) is 57.7 Å². The van der Waals surface area contributed by atoms with Gasteiger partial charge < -0.3 is 19.7 Å². The number of carbonyl (C=O) groups excluding carboxylic acids is 2. The van der Waals surface area contributed by atoms with Gasteiger partial charge in [0.2, 0.25) is 0 Å². The number of benzene rings is 2. The summed E-state index contributed by atoms with van der Waals surface area (Å²) in [6, 6.07) is 19.7. The van der Waals surface area contributed by atoms with Crippen molar-refractivity contribution in [3.63, 3.8) is 0 Å². The Morgan fingerprint density at radius 3 is 2.17 bits per heavy atom. The molecule has 8 heteroatoms. The van der Waals surface area contributed by atoms with Crippen LogP contribution in [0.5, 0.6) is 11.5 Å². The van der Waals surface area contributed by atoms with E-state index in [-0.39, 0.29) is 24.0 Å². The second kappa shape index (κ2) is 13.0. The maximum Gasteiger partial charge on any atom is 0.270 e. The second-order valence-electron chi connectivity index (χ2n) is 10.7. The highest BCUT2D eigenvalue weighted by molar-refractivity contribution is 5.96. The Labute approximate surface area is 236 Å². The number of ether oxygens (including phenoxy) is 2. The minimum absolute atomic E-state index is 0.0579. The van der Waals surface area contributed by atoms with Crippen molar-refractivity contribution < 1.29 is 19.1 Å². The molecule has 0 unspecified atom stereocenters. The maximum atomic E-state index is 13.0. The molecule has 2 aliphatic rings. The van der Waals surface area contributed by atoms with Gasteiger partial charge in [-0.05, 0) is 61.7 Å². The number of rotatable bonds is 8. The Bertz CT molecular complexity index is 1260. The number of aryl methyl sites for hydroxylation is 1. The molecule has 210 valence electrons. The lowest BCUT2D eigenvalue weighted by atomic mass is 10.0. The monoisotopic (exact) mass is 542 g/mol. The molecular formula is C32H38N4O4. The van der Waals surface area contributed by atoms with E-state index < -0.39 is 0 Å². The largest absolute Gasteiger partial charge is 0.497 e. The molecule has 2 saturated heterocycles. The van der Waals surface area contributed by atoms with Crippen LogP contribution in [0.3, 0.4) is 0 Å². The lowest BCUT2D eigenvalue weighted by molar-refractivity contribution is 0.0594. The van der Waals surface area contributed by atoms with E-state index in [1.54, 1.807) is 19.2 Å². The molecule has 5 rings (SSSR count). The van der Waals surface area contributed by atoms with Gasteiger partial charge in [0, 0.05) is 57.8 Å². The van der Waals surface area contributed by atoms with Crippen LogP contribution in [-0.4, -0.2) is 72.0 Å². The fourth-order valence-corrected chi connectivity index (χ4v) is 5.31. The van der Waals surface area contributed by atoms with E-state index in [1.165, 1.54) is 17.3 Å². The third kappa shape index (κ3) is 7.18. The van der Waals surface area contributed by atoms with Crippen molar-refractivity contribution in [3.8, 4) is 11.5 Å². The van der Waals surface area contributed by atoms with Crippen LogP contribution >= 0.6 is 0 Å². The molecule has 0 aliphatic carbocycles. The predicted molar refractivity (Wildman–Crippen MR) is 154 cm³/mol. The average Bonchev–Trinajstić information content (AvgIpc) is 3.00. The smallest absolute Gasteiger partial charge is 0.270 e. The number of methoxy groups -OCH3 is 1. The summed E-state index contributed by atoms with van der Waals surface area (Å²) in [5.41, 5.74) is 3.29. The number of nitrogens with one attached hydrogen (secondary N) is 1. The van der Waals surface area contributed by atoms with E-state index in [1.807, 2.05) is 41.3 Å². The van der Waals surface area contributed by atoms with Crippen molar-refractivity contribution in [2.45, 2.75) is 51.3 Å². The van der Waals surface area contributed by atoms with Crippen LogP contribution in [0.4, 0.5) is 0 Å². The summed E-state index contributed by atoms with van der Waals surface area (Å²) < 4.78 is 11.3. The highest BCUT2D eigenvalue weighted by atomic mass is 16.5. The number of hydrogen-bond donors (Lipinski definition) is 1. The van der Waals surface area contributed by atoms with Crippen LogP contribution in [0.2, 0.25) is 0 Å². The van der Waals surface area contributed by atoms with E-state index >= 15 is 0 Å². The summed E-state index contributed by atoms with van der Waals surface area (Å²) in [5.74, 6) is 1.48. The van der Waals surface area contributed by atoms with Crippen LogP contribution in [-0.2, 0) is 6.54 Å². The molecule has 3 aromatic rings. The van der Waals surface area contributed by atoms with Gasteiger partial charge in [-0.3, -0.25) is 19.5 Å². The van der Waals surface area contributed by atoms with Crippen molar-refractivity contribution in [1.82, 2.24) is 20.1 Å². The molecule has 0 radical (unpaired) electrons. The SMILES string of the molecule is COc1ccc(CN2CCC(NC(=O)c3ccc(C(=O)N4CCC(Oc5ccc(C)cc5)CC4)cn3)CC2)cc1. The highest BCUT2D eigenvalue weighted by Crippen LogP contribution is 2.21. The quantitative estimate of drug-likeness (QED) is 0.452. The number of nitrogens with zero attached hydrogens (tertiary/aromatic N) is 3. The van der Waals surface area contributed by atoms with Gasteiger partial charge in [-0.15, -0.1) is 0 Å². The van der Waals surface area contributed by atoms with Gasteiger partial charge in [0.15, 0.2) is 0 Å². The molecule has 0 atom stereocenters. The van der Waals surface area contributed by atoms with Crippen molar-refractivity contribution in [2.75, 3.05) is 33.3 Å². The summed E-state index contributed by atoms with van der Waals surface area (Å²) >= 11 is 0. The fraction of sp³-hybridized carbons (Fsp3) is 0.406. The normalized spacial score (nSPS) is 16.9. The Morgan fingerprint density at radius 1 is 0.875 bits per heavy atom. The zero-order valence-electron chi connectivity index (χ0n) is 23.3. The molecular weight excluding hydrogens is 504 g/mol. The molecule has 3 heterocycles. The van der Waals surface area contributed by atoms with Gasteiger partial charge in [0.1, 0.15) is 23.3 Å². The van der Waals surface area contributed by atoms with Crippen molar-refractivity contribution in [1.29, 1.82) is 0 Å². The topological polar surface area (TPSA) is 84.0 Å². The summed E-state index contributed by atoms with van der Waals surface area (Å²) in [4.78, 5) is 34.4. The third-order valence-corrected chi connectivity index (χ3v) is 7.78. The molecule has 2 amide bonds. The average molecular weight is 543 g/mol. The highest BCUT2D eigenvalue weighted by Gasteiger charge is 2.26. The maximum absolute atomic E-state index is 13.0. The summed E-state index contributed by atoms with van der Waals surface area (Å²) in [6.45, 7) is 6.05. The van der Waals surface area contributed by atoms with Gasteiger partial charge in [0.05, 0.1) is 12.7 Å². The molecule has 1 aromatic heterocycles. The van der Waals surface area contributed by atoms with Crippen LogP contribution in [0.25, 0.3) is 0 Å². The number of likely N-dealkylation sites (tertiary alicyclic amines) is 2. The van der Waals surface area contributed by atoms with Crippen molar-refractivity contribution >= 4 is 11.8 Å². The molecule has 2 aromatic carbocycles. The molecule has 0 saturated carbocycles. The Kier molecular flexibility index (Phi) is 8.96. The summed E-state index contributed by atoms with van der Waals surface area (Å²) in [7, 11) is 1.67. The Balaban J connectivity index is 1.05. The second-order valence-corrected chi connectivity index (χ2v) is 10.7. The molecule has 1 N–H and O–H groups in total. The van der Waals surface area contributed by atoms with Gasteiger partial charge in [-0.25, -0.2) is 0 Å². The van der Waals surface area contributed by atoms with Crippen LogP contribution in [0.15, 0.2) is 66.9 Å². The molecule has 0 spiro atoms. The van der Waals surface area contributed by atoms with Gasteiger partial charge >= 0.3 is 0 Å². The first kappa shape index (κ1) is 27.6. The van der Waals surface area contributed by atoms with E-state index in [0.717, 1.165) is 56.8 Å². The standard InChI is InChI=1S/C32H38N4O4/c1-23-3-8-28(9-4-23)40-29-15-19-36(20-16-29)32(38)25-7-12-30(33-21-25)31(37)34-26-13-17-35(18-14-26)22-24-5-10-27(39-2)11-6-24/h3-12,21,26,29H,13-20,22H2,1-2H3,(H,34,37). The number of amides is 2. The molecule has 8 nitrogen and oxygen atoms in total. The Hall–Kier alpha value is -3.91. The minimum atomic E-state index is -0.193. The van der Waals surface area contributed by atoms with E-state index in [4.69, 9.17) is 9.47 Å². The van der Waals surface area contributed by atoms with Crippen molar-refractivity contribution in [2.24, 2.45) is 0 Å². The first-order chi connectivity index (χ1) is 19.5. The Morgan fingerprint density at radius 2 is 1.55 bits per heavy atom. The lowest BCUT2D eigenvalue weighted by Gasteiger charge is -2.32. The minimum Gasteiger partial charge on any atom is -0.497 e. The van der Waals surface area contributed by atoms with Gasteiger partial charge in [-0.1, -0.05) is 29.8 Å². The fourth-order valence-electron chi connectivity index (χ4n) is 5.31. The summed E-state index contributed by atoms with van der Waals surface area (Å²) in [5, 5.41) is 3.12. The number of piperidine rings is 2. The zero-order valence-corrected chi connectivity index (χ0v) is 23.3. The van der Waals surface area contributed by atoms with Crippen LogP contribution < -0.4 is 14.8 Å².